The van der Waals surface area contributed by atoms with Crippen molar-refractivity contribution in [3.05, 3.63) is 53.9 Å². The van der Waals surface area contributed by atoms with Gasteiger partial charge in [0.1, 0.15) is 0 Å². The molecule has 1 aromatic carbocycles. The average molecular weight is 312 g/mol. The van der Waals surface area contributed by atoms with E-state index >= 15 is 0 Å². The molecule has 23 heavy (non-hydrogen) atoms. The van der Waals surface area contributed by atoms with E-state index in [4.69, 9.17) is 0 Å². The molecule has 122 valence electrons. The van der Waals surface area contributed by atoms with Gasteiger partial charge in [-0.25, -0.2) is 0 Å². The molecule has 5 nitrogen and oxygen atoms in total. The third kappa shape index (κ3) is 4.20. The molecule has 1 aromatic heterocycles. The van der Waals surface area contributed by atoms with E-state index < -0.39 is 0 Å². The van der Waals surface area contributed by atoms with Gasteiger partial charge in [-0.3, -0.25) is 14.4 Å². The zero-order valence-corrected chi connectivity index (χ0v) is 13.6. The predicted molar refractivity (Wildman–Crippen MR) is 89.9 cm³/mol. The van der Waals surface area contributed by atoms with E-state index in [-0.39, 0.29) is 11.9 Å². The summed E-state index contributed by atoms with van der Waals surface area (Å²) in [5.41, 5.74) is 2.50. The standard InChI is InChI=1S/C18H24N4O/c1-21-14-15(13-20-21)6-5-10-22-11-9-19-18(23)12-17(22)16-7-3-2-4-8-16/h2-4,7-8,13-14,17H,5-6,9-12H2,1H3,(H,19,23). The van der Waals surface area contributed by atoms with Gasteiger partial charge in [0.15, 0.2) is 0 Å². The maximum absolute atomic E-state index is 12.0. The second kappa shape index (κ2) is 7.42. The molecule has 1 atom stereocenters. The molecule has 1 aliphatic heterocycles. The predicted octanol–water partition coefficient (Wildman–Crippen LogP) is 1.92. The van der Waals surface area contributed by atoms with Crippen LogP contribution in [0, 0.1) is 0 Å². The fourth-order valence-corrected chi connectivity index (χ4v) is 3.23. The second-order valence-electron chi connectivity index (χ2n) is 6.14. The van der Waals surface area contributed by atoms with Crippen LogP contribution in [0.15, 0.2) is 42.7 Å². The Morgan fingerprint density at radius 3 is 2.87 bits per heavy atom. The van der Waals surface area contributed by atoms with Crippen LogP contribution in [-0.2, 0) is 18.3 Å². The Labute approximate surface area is 137 Å². The molecule has 0 spiro atoms. The van der Waals surface area contributed by atoms with Crippen molar-refractivity contribution in [1.29, 1.82) is 0 Å². The first kappa shape index (κ1) is 15.7. The molecule has 1 amide bonds. The number of amides is 1. The number of nitrogens with zero attached hydrogens (tertiary/aromatic N) is 3. The van der Waals surface area contributed by atoms with Gasteiger partial charge in [-0.1, -0.05) is 30.3 Å². The van der Waals surface area contributed by atoms with Crippen molar-refractivity contribution in [1.82, 2.24) is 20.0 Å². The quantitative estimate of drug-likeness (QED) is 0.917. The molecular formula is C18H24N4O. The number of aryl methyl sites for hydroxylation is 2. The highest BCUT2D eigenvalue weighted by molar-refractivity contribution is 5.77. The van der Waals surface area contributed by atoms with Gasteiger partial charge in [-0.15, -0.1) is 0 Å². The van der Waals surface area contributed by atoms with Gasteiger partial charge >= 0.3 is 0 Å². The number of benzene rings is 1. The Balaban J connectivity index is 1.65. The maximum atomic E-state index is 12.0. The van der Waals surface area contributed by atoms with Gasteiger partial charge in [-0.05, 0) is 30.5 Å². The van der Waals surface area contributed by atoms with Crippen molar-refractivity contribution < 1.29 is 4.79 Å². The normalized spacial score (nSPS) is 19.3. The van der Waals surface area contributed by atoms with E-state index in [0.717, 1.165) is 32.5 Å². The first-order valence-corrected chi connectivity index (χ1v) is 8.25. The highest BCUT2D eigenvalue weighted by Crippen LogP contribution is 2.25. The Bertz CT molecular complexity index is 637. The van der Waals surface area contributed by atoms with Gasteiger partial charge in [-0.2, -0.15) is 5.10 Å². The molecule has 1 N–H and O–H groups in total. The summed E-state index contributed by atoms with van der Waals surface area (Å²) in [7, 11) is 1.95. The van der Waals surface area contributed by atoms with Crippen LogP contribution in [0.4, 0.5) is 0 Å². The Morgan fingerprint density at radius 1 is 1.30 bits per heavy atom. The van der Waals surface area contributed by atoms with E-state index in [9.17, 15) is 4.79 Å². The molecule has 5 heteroatoms. The average Bonchev–Trinajstić information content (AvgIpc) is 2.88. The fraction of sp³-hybridized carbons (Fsp3) is 0.444. The van der Waals surface area contributed by atoms with E-state index in [1.165, 1.54) is 11.1 Å². The lowest BCUT2D eigenvalue weighted by Crippen LogP contribution is -2.32. The lowest BCUT2D eigenvalue weighted by atomic mass is 10.0. The summed E-state index contributed by atoms with van der Waals surface area (Å²) >= 11 is 0. The molecule has 0 saturated carbocycles. The minimum Gasteiger partial charge on any atom is -0.355 e. The van der Waals surface area contributed by atoms with Gasteiger partial charge < -0.3 is 5.32 Å². The molecule has 0 radical (unpaired) electrons. The molecule has 0 bridgehead atoms. The first-order valence-electron chi connectivity index (χ1n) is 8.25. The number of nitrogens with one attached hydrogen (secondary N) is 1. The molecule has 2 heterocycles. The maximum Gasteiger partial charge on any atom is 0.221 e. The zero-order chi connectivity index (χ0) is 16.1. The number of carbonyl (C=O) groups is 1. The molecule has 0 aliphatic carbocycles. The van der Waals surface area contributed by atoms with Crippen LogP contribution in [-0.4, -0.2) is 40.2 Å². The number of hydrogen-bond acceptors (Lipinski definition) is 3. The molecule has 1 saturated heterocycles. The summed E-state index contributed by atoms with van der Waals surface area (Å²) in [5.74, 6) is 0.147. The van der Waals surface area contributed by atoms with Crippen molar-refractivity contribution in [3.8, 4) is 0 Å². The van der Waals surface area contributed by atoms with Gasteiger partial charge in [0, 0.05) is 38.8 Å². The third-order valence-corrected chi connectivity index (χ3v) is 4.39. The van der Waals surface area contributed by atoms with Crippen molar-refractivity contribution in [3.63, 3.8) is 0 Å². The van der Waals surface area contributed by atoms with Crippen molar-refractivity contribution in [2.24, 2.45) is 7.05 Å². The van der Waals surface area contributed by atoms with Crippen molar-refractivity contribution in [2.75, 3.05) is 19.6 Å². The van der Waals surface area contributed by atoms with E-state index in [2.05, 4.69) is 33.6 Å². The van der Waals surface area contributed by atoms with Crippen LogP contribution in [0.3, 0.4) is 0 Å². The summed E-state index contributed by atoms with van der Waals surface area (Å²) in [5, 5.41) is 7.21. The van der Waals surface area contributed by atoms with Gasteiger partial charge in [0.25, 0.3) is 0 Å². The highest BCUT2D eigenvalue weighted by Gasteiger charge is 2.25. The highest BCUT2D eigenvalue weighted by atomic mass is 16.1. The molecule has 2 aromatic rings. The number of aromatic nitrogens is 2. The van der Waals surface area contributed by atoms with Crippen LogP contribution < -0.4 is 5.32 Å². The molecule has 1 unspecified atom stereocenters. The Kier molecular flexibility index (Phi) is 5.08. The summed E-state index contributed by atoms with van der Waals surface area (Å²) < 4.78 is 1.84. The Hall–Kier alpha value is -2.14. The SMILES string of the molecule is Cn1cc(CCCN2CCNC(=O)CC2c2ccccc2)cn1. The zero-order valence-electron chi connectivity index (χ0n) is 13.6. The second-order valence-corrected chi connectivity index (χ2v) is 6.14. The molecular weight excluding hydrogens is 288 g/mol. The Morgan fingerprint density at radius 2 is 2.13 bits per heavy atom. The summed E-state index contributed by atoms with van der Waals surface area (Å²) in [6.07, 6.45) is 6.64. The van der Waals surface area contributed by atoms with Gasteiger partial charge in [0.05, 0.1) is 6.20 Å². The summed E-state index contributed by atoms with van der Waals surface area (Å²) in [6, 6.07) is 10.5. The lowest BCUT2D eigenvalue weighted by molar-refractivity contribution is -0.121. The van der Waals surface area contributed by atoms with Crippen molar-refractivity contribution >= 4 is 5.91 Å². The molecule has 3 rings (SSSR count). The largest absolute Gasteiger partial charge is 0.355 e. The van der Waals surface area contributed by atoms with Crippen molar-refractivity contribution in [2.45, 2.75) is 25.3 Å². The van der Waals surface area contributed by atoms with Crippen LogP contribution in [0.25, 0.3) is 0 Å². The summed E-state index contributed by atoms with van der Waals surface area (Å²) in [6.45, 7) is 2.62. The summed E-state index contributed by atoms with van der Waals surface area (Å²) in [4.78, 5) is 14.4. The third-order valence-electron chi connectivity index (χ3n) is 4.39. The topological polar surface area (TPSA) is 50.2 Å². The van der Waals surface area contributed by atoms with Crippen LogP contribution in [0.1, 0.15) is 30.0 Å². The minimum absolute atomic E-state index is 0.147. The van der Waals surface area contributed by atoms with E-state index in [0.29, 0.717) is 6.42 Å². The fourth-order valence-electron chi connectivity index (χ4n) is 3.23. The van der Waals surface area contributed by atoms with Crippen LogP contribution in [0.2, 0.25) is 0 Å². The van der Waals surface area contributed by atoms with E-state index in [1.807, 2.05) is 36.1 Å². The number of rotatable bonds is 5. The minimum atomic E-state index is 0.147. The molecule has 1 fully saturated rings. The monoisotopic (exact) mass is 312 g/mol. The van der Waals surface area contributed by atoms with Crippen LogP contribution in [0.5, 0.6) is 0 Å². The smallest absolute Gasteiger partial charge is 0.221 e. The molecule has 1 aliphatic rings. The van der Waals surface area contributed by atoms with Crippen LogP contribution >= 0.6 is 0 Å². The first-order chi connectivity index (χ1) is 11.2. The van der Waals surface area contributed by atoms with E-state index in [1.54, 1.807) is 0 Å². The number of hydrogen-bond donors (Lipinski definition) is 1. The number of carbonyl (C=O) groups excluding carboxylic acids is 1. The van der Waals surface area contributed by atoms with Gasteiger partial charge in [0.2, 0.25) is 5.91 Å². The lowest BCUT2D eigenvalue weighted by Gasteiger charge is -2.29.